The first-order valence-electron chi connectivity index (χ1n) is 7.66. The summed E-state index contributed by atoms with van der Waals surface area (Å²) >= 11 is 1.51. The highest BCUT2D eigenvalue weighted by Gasteiger charge is 2.20. The van der Waals surface area contributed by atoms with Gasteiger partial charge in [-0.2, -0.15) is 0 Å². The maximum absolute atomic E-state index is 13.0. The number of hydrogen-bond acceptors (Lipinski definition) is 4. The fourth-order valence-electron chi connectivity index (χ4n) is 2.43. The number of benzene rings is 2. The molecule has 0 aliphatic heterocycles. The van der Waals surface area contributed by atoms with E-state index >= 15 is 0 Å². The first kappa shape index (κ1) is 16.2. The summed E-state index contributed by atoms with van der Waals surface area (Å²) in [5, 5.41) is 0.691. The van der Waals surface area contributed by atoms with Gasteiger partial charge in [0, 0.05) is 31.9 Å². The van der Waals surface area contributed by atoms with Gasteiger partial charge in [0.25, 0.3) is 5.91 Å². The second-order valence-electron chi connectivity index (χ2n) is 5.61. The van der Waals surface area contributed by atoms with Gasteiger partial charge < -0.3 is 4.90 Å². The van der Waals surface area contributed by atoms with Gasteiger partial charge in [0.2, 0.25) is 0 Å². The molecule has 0 spiro atoms. The number of anilines is 2. The predicted octanol–water partition coefficient (Wildman–Crippen LogP) is 4.20. The smallest absolute Gasteiger partial charge is 0.260 e. The zero-order valence-electron chi connectivity index (χ0n) is 13.8. The van der Waals surface area contributed by atoms with Crippen LogP contribution in [0.15, 0.2) is 61.2 Å². The molecule has 0 saturated carbocycles. The normalized spacial score (nSPS) is 10.6. The van der Waals surface area contributed by atoms with Crippen LogP contribution in [0.3, 0.4) is 0 Å². The molecule has 1 heterocycles. The molecule has 0 aliphatic rings. The first-order chi connectivity index (χ1) is 11.6. The number of carbonyl (C=O) groups is 1. The minimum Gasteiger partial charge on any atom is -0.378 e. The van der Waals surface area contributed by atoms with E-state index in [9.17, 15) is 4.79 Å². The van der Waals surface area contributed by atoms with Crippen molar-refractivity contribution < 1.29 is 4.79 Å². The molecule has 3 rings (SSSR count). The Labute approximate surface area is 145 Å². The van der Waals surface area contributed by atoms with Crippen LogP contribution in [0.1, 0.15) is 10.4 Å². The van der Waals surface area contributed by atoms with Crippen LogP contribution >= 0.6 is 11.3 Å². The molecule has 0 atom stereocenters. The molecule has 24 heavy (non-hydrogen) atoms. The van der Waals surface area contributed by atoms with Crippen molar-refractivity contribution in [2.75, 3.05) is 30.4 Å². The molecule has 1 amide bonds. The average Bonchev–Trinajstić information content (AvgIpc) is 3.03. The van der Waals surface area contributed by atoms with E-state index in [2.05, 4.69) is 11.6 Å². The van der Waals surface area contributed by atoms with Crippen LogP contribution in [-0.2, 0) is 0 Å². The molecule has 0 saturated heterocycles. The summed E-state index contributed by atoms with van der Waals surface area (Å²) in [4.78, 5) is 21.3. The Hall–Kier alpha value is -2.66. The third-order valence-electron chi connectivity index (χ3n) is 3.68. The lowest BCUT2D eigenvalue weighted by Crippen LogP contribution is -2.31. The van der Waals surface area contributed by atoms with Crippen LogP contribution in [0.5, 0.6) is 0 Å². The maximum Gasteiger partial charge on any atom is 0.260 e. The van der Waals surface area contributed by atoms with Crippen molar-refractivity contribution in [1.82, 2.24) is 4.98 Å². The lowest BCUT2D eigenvalue weighted by molar-refractivity contribution is 0.0989. The van der Waals surface area contributed by atoms with Crippen molar-refractivity contribution >= 4 is 38.3 Å². The minimum atomic E-state index is -0.0716. The maximum atomic E-state index is 13.0. The highest BCUT2D eigenvalue weighted by atomic mass is 32.1. The Bertz CT molecular complexity index is 852. The number of para-hydroxylation sites is 1. The summed E-state index contributed by atoms with van der Waals surface area (Å²) in [5.41, 5.74) is 2.53. The minimum absolute atomic E-state index is 0.0716. The quantitative estimate of drug-likeness (QED) is 0.655. The van der Waals surface area contributed by atoms with E-state index in [1.807, 2.05) is 67.5 Å². The molecule has 0 N–H and O–H groups in total. The average molecular weight is 337 g/mol. The molecule has 4 nitrogen and oxygen atoms in total. The van der Waals surface area contributed by atoms with Crippen LogP contribution in [0.25, 0.3) is 10.2 Å². The number of nitrogens with zero attached hydrogens (tertiary/aromatic N) is 3. The highest BCUT2D eigenvalue weighted by molar-refractivity contribution is 7.22. The van der Waals surface area contributed by atoms with Gasteiger partial charge >= 0.3 is 0 Å². The molecular weight excluding hydrogens is 318 g/mol. The molecule has 2 aromatic carbocycles. The molecule has 0 radical (unpaired) electrons. The van der Waals surface area contributed by atoms with Gasteiger partial charge in [0.05, 0.1) is 10.2 Å². The van der Waals surface area contributed by atoms with Crippen molar-refractivity contribution in [3.05, 3.63) is 66.7 Å². The SMILES string of the molecule is C=CCN(C(=O)c1cccc(N(C)C)c1)c1nc2ccccc2s1. The molecular formula is C19H19N3OS. The summed E-state index contributed by atoms with van der Waals surface area (Å²) in [6, 6.07) is 15.5. The van der Waals surface area contributed by atoms with Crippen LogP contribution in [0, 0.1) is 0 Å². The Morgan fingerprint density at radius 3 is 2.71 bits per heavy atom. The number of fused-ring (bicyclic) bond motifs is 1. The number of hydrogen-bond donors (Lipinski definition) is 0. The second-order valence-corrected chi connectivity index (χ2v) is 6.62. The van der Waals surface area contributed by atoms with E-state index in [4.69, 9.17) is 0 Å². The van der Waals surface area contributed by atoms with E-state index in [0.717, 1.165) is 15.9 Å². The van der Waals surface area contributed by atoms with Crippen LogP contribution < -0.4 is 9.80 Å². The second kappa shape index (κ2) is 6.84. The van der Waals surface area contributed by atoms with E-state index in [-0.39, 0.29) is 5.91 Å². The monoisotopic (exact) mass is 337 g/mol. The van der Waals surface area contributed by atoms with E-state index in [1.54, 1.807) is 11.0 Å². The van der Waals surface area contributed by atoms with Gasteiger partial charge in [-0.3, -0.25) is 9.69 Å². The van der Waals surface area contributed by atoms with Crippen molar-refractivity contribution in [3.8, 4) is 0 Å². The van der Waals surface area contributed by atoms with Gasteiger partial charge in [-0.25, -0.2) is 4.98 Å². The standard InChI is InChI=1S/C19H19N3OS/c1-4-12-22(19-20-16-10-5-6-11-17(16)24-19)18(23)14-8-7-9-15(13-14)21(2)3/h4-11,13H,1,12H2,2-3H3. The molecule has 0 unspecified atom stereocenters. The van der Waals surface area contributed by atoms with Gasteiger partial charge in [-0.1, -0.05) is 35.6 Å². The molecule has 0 aliphatic carbocycles. The lowest BCUT2D eigenvalue weighted by atomic mass is 10.1. The summed E-state index contributed by atoms with van der Waals surface area (Å²) in [7, 11) is 3.91. The number of rotatable bonds is 5. The van der Waals surface area contributed by atoms with Gasteiger partial charge in [0.15, 0.2) is 5.13 Å². The highest BCUT2D eigenvalue weighted by Crippen LogP contribution is 2.29. The van der Waals surface area contributed by atoms with E-state index in [1.165, 1.54) is 11.3 Å². The van der Waals surface area contributed by atoms with Gasteiger partial charge in [0.1, 0.15) is 0 Å². The van der Waals surface area contributed by atoms with Crippen molar-refractivity contribution in [1.29, 1.82) is 0 Å². The largest absolute Gasteiger partial charge is 0.378 e. The van der Waals surface area contributed by atoms with E-state index < -0.39 is 0 Å². The molecule has 0 bridgehead atoms. The summed E-state index contributed by atoms with van der Waals surface area (Å²) in [6.45, 7) is 4.20. The molecule has 1 aromatic heterocycles. The Morgan fingerprint density at radius 2 is 2.00 bits per heavy atom. The topological polar surface area (TPSA) is 36.4 Å². The summed E-state index contributed by atoms with van der Waals surface area (Å²) in [5.74, 6) is -0.0716. The first-order valence-corrected chi connectivity index (χ1v) is 8.47. The molecule has 5 heteroatoms. The molecule has 3 aromatic rings. The Morgan fingerprint density at radius 1 is 1.21 bits per heavy atom. The fourth-order valence-corrected chi connectivity index (χ4v) is 3.40. The van der Waals surface area contributed by atoms with Gasteiger partial charge in [-0.15, -0.1) is 6.58 Å². The summed E-state index contributed by atoms with van der Waals surface area (Å²) < 4.78 is 1.07. The molecule has 0 fully saturated rings. The molecule has 122 valence electrons. The van der Waals surface area contributed by atoms with Crippen LogP contribution in [0.4, 0.5) is 10.8 Å². The van der Waals surface area contributed by atoms with Crippen molar-refractivity contribution in [3.63, 3.8) is 0 Å². The summed E-state index contributed by atoms with van der Waals surface area (Å²) in [6.07, 6.45) is 1.72. The van der Waals surface area contributed by atoms with Crippen molar-refractivity contribution in [2.45, 2.75) is 0 Å². The Balaban J connectivity index is 1.99. The van der Waals surface area contributed by atoms with Crippen LogP contribution in [-0.4, -0.2) is 31.5 Å². The predicted molar refractivity (Wildman–Crippen MR) is 102 cm³/mol. The van der Waals surface area contributed by atoms with Crippen LogP contribution in [0.2, 0.25) is 0 Å². The number of aromatic nitrogens is 1. The van der Waals surface area contributed by atoms with E-state index in [0.29, 0.717) is 17.2 Å². The fraction of sp³-hybridized carbons (Fsp3) is 0.158. The zero-order chi connectivity index (χ0) is 17.1. The van der Waals surface area contributed by atoms with Gasteiger partial charge in [-0.05, 0) is 30.3 Å². The lowest BCUT2D eigenvalue weighted by Gasteiger charge is -2.19. The third-order valence-corrected chi connectivity index (χ3v) is 4.74. The zero-order valence-corrected chi connectivity index (χ0v) is 14.6. The number of carbonyl (C=O) groups excluding carboxylic acids is 1. The Kier molecular flexibility index (Phi) is 4.62. The number of amides is 1. The van der Waals surface area contributed by atoms with Crippen molar-refractivity contribution in [2.24, 2.45) is 0 Å². The number of thiazole rings is 1. The third kappa shape index (κ3) is 3.16.